The average Bonchev–Trinajstić information content (AvgIpc) is 2.96. The van der Waals surface area contributed by atoms with Gasteiger partial charge in [-0.2, -0.15) is 5.10 Å². The molecule has 0 aromatic carbocycles. The molecule has 0 saturated heterocycles. The minimum absolute atomic E-state index is 0.0307. The quantitative estimate of drug-likeness (QED) is 0.607. The van der Waals surface area contributed by atoms with Crippen LogP contribution in [0.1, 0.15) is 55.7 Å². The Morgan fingerprint density at radius 3 is 2.57 bits per heavy atom. The number of rotatable bonds is 7. The Bertz CT molecular complexity index is 542. The standard InChI is InChI=1S/C16H25N5/c1-4-15(5-2)21-9-8-14(20-21)10-16(19-17)13-7-6-12(3)18-11-13/h6-9,11,15-16,19H,4-5,10,17H2,1-3H3. The summed E-state index contributed by atoms with van der Waals surface area (Å²) in [6, 6.07) is 6.64. The summed E-state index contributed by atoms with van der Waals surface area (Å²) >= 11 is 0. The van der Waals surface area contributed by atoms with Crippen LogP contribution in [0.3, 0.4) is 0 Å². The molecule has 0 radical (unpaired) electrons. The molecule has 0 amide bonds. The molecule has 1 unspecified atom stereocenters. The average molecular weight is 287 g/mol. The third kappa shape index (κ3) is 3.89. The molecule has 5 nitrogen and oxygen atoms in total. The number of hydrogen-bond acceptors (Lipinski definition) is 4. The summed E-state index contributed by atoms with van der Waals surface area (Å²) in [5.74, 6) is 5.70. The molecule has 0 bridgehead atoms. The maximum absolute atomic E-state index is 5.70. The first-order chi connectivity index (χ1) is 10.2. The van der Waals surface area contributed by atoms with Crippen LogP contribution in [0.4, 0.5) is 0 Å². The lowest BCUT2D eigenvalue weighted by Crippen LogP contribution is -2.29. The molecule has 0 aliphatic carbocycles. The van der Waals surface area contributed by atoms with Crippen LogP contribution in [0.2, 0.25) is 0 Å². The van der Waals surface area contributed by atoms with Crippen molar-refractivity contribution < 1.29 is 0 Å². The highest BCUT2D eigenvalue weighted by molar-refractivity contribution is 5.19. The molecule has 0 fully saturated rings. The van der Waals surface area contributed by atoms with Crippen LogP contribution in [-0.2, 0) is 6.42 Å². The summed E-state index contributed by atoms with van der Waals surface area (Å²) in [4.78, 5) is 4.33. The number of nitrogens with zero attached hydrogens (tertiary/aromatic N) is 3. The van der Waals surface area contributed by atoms with Crippen molar-refractivity contribution in [1.29, 1.82) is 0 Å². The van der Waals surface area contributed by atoms with Crippen LogP contribution in [0.25, 0.3) is 0 Å². The van der Waals surface area contributed by atoms with E-state index in [1.54, 1.807) is 0 Å². The highest BCUT2D eigenvalue weighted by Crippen LogP contribution is 2.19. The minimum Gasteiger partial charge on any atom is -0.271 e. The molecule has 1 atom stereocenters. The molecule has 0 saturated carbocycles. The van der Waals surface area contributed by atoms with E-state index in [1.807, 2.05) is 19.2 Å². The zero-order valence-electron chi connectivity index (χ0n) is 13.1. The van der Waals surface area contributed by atoms with E-state index in [-0.39, 0.29) is 6.04 Å². The Hall–Kier alpha value is -1.72. The van der Waals surface area contributed by atoms with Crippen LogP contribution < -0.4 is 11.3 Å². The van der Waals surface area contributed by atoms with Crippen LogP contribution in [0.5, 0.6) is 0 Å². The van der Waals surface area contributed by atoms with Gasteiger partial charge in [-0.1, -0.05) is 19.9 Å². The Morgan fingerprint density at radius 1 is 1.24 bits per heavy atom. The van der Waals surface area contributed by atoms with E-state index >= 15 is 0 Å². The van der Waals surface area contributed by atoms with Gasteiger partial charge >= 0.3 is 0 Å². The molecule has 0 spiro atoms. The lowest BCUT2D eigenvalue weighted by Gasteiger charge is -2.15. The van der Waals surface area contributed by atoms with Crippen molar-refractivity contribution in [2.75, 3.05) is 0 Å². The summed E-state index contributed by atoms with van der Waals surface area (Å²) in [6.07, 6.45) is 6.89. The summed E-state index contributed by atoms with van der Waals surface area (Å²) in [7, 11) is 0. The van der Waals surface area contributed by atoms with Crippen molar-refractivity contribution in [2.45, 2.75) is 52.1 Å². The second-order valence-corrected chi connectivity index (χ2v) is 5.41. The van der Waals surface area contributed by atoms with Crippen molar-refractivity contribution in [3.63, 3.8) is 0 Å². The fourth-order valence-electron chi connectivity index (χ4n) is 2.52. The molecule has 0 aliphatic heterocycles. The summed E-state index contributed by atoms with van der Waals surface area (Å²) < 4.78 is 2.07. The third-order valence-electron chi connectivity index (χ3n) is 3.93. The van der Waals surface area contributed by atoms with Crippen molar-refractivity contribution in [3.8, 4) is 0 Å². The summed E-state index contributed by atoms with van der Waals surface area (Å²) in [5, 5.41) is 4.68. The lowest BCUT2D eigenvalue weighted by molar-refractivity contribution is 0.422. The normalized spacial score (nSPS) is 12.8. The highest BCUT2D eigenvalue weighted by atomic mass is 15.3. The molecule has 3 N–H and O–H groups in total. The number of nitrogens with one attached hydrogen (secondary N) is 1. The number of aryl methyl sites for hydroxylation is 1. The smallest absolute Gasteiger partial charge is 0.0644 e. The van der Waals surface area contributed by atoms with Gasteiger partial charge in [0.25, 0.3) is 0 Å². The van der Waals surface area contributed by atoms with Gasteiger partial charge in [-0.15, -0.1) is 0 Å². The fraction of sp³-hybridized carbons (Fsp3) is 0.500. The van der Waals surface area contributed by atoms with Gasteiger partial charge in [-0.25, -0.2) is 0 Å². The molecule has 2 rings (SSSR count). The largest absolute Gasteiger partial charge is 0.271 e. The molecular formula is C16H25N5. The molecule has 2 aromatic rings. The number of hydrazine groups is 1. The van der Waals surface area contributed by atoms with Crippen LogP contribution >= 0.6 is 0 Å². The van der Waals surface area contributed by atoms with E-state index in [0.29, 0.717) is 6.04 Å². The maximum atomic E-state index is 5.70. The molecule has 114 valence electrons. The van der Waals surface area contributed by atoms with Gasteiger partial charge in [0.1, 0.15) is 0 Å². The highest BCUT2D eigenvalue weighted by Gasteiger charge is 2.14. The topological polar surface area (TPSA) is 68.8 Å². The molecular weight excluding hydrogens is 262 g/mol. The van der Waals surface area contributed by atoms with E-state index in [0.717, 1.165) is 36.2 Å². The Kier molecular flexibility index (Phi) is 5.47. The predicted octanol–water partition coefficient (Wildman–Crippen LogP) is 2.69. The van der Waals surface area contributed by atoms with Crippen molar-refractivity contribution in [3.05, 3.63) is 47.5 Å². The monoisotopic (exact) mass is 287 g/mol. The van der Waals surface area contributed by atoms with E-state index in [4.69, 9.17) is 5.84 Å². The van der Waals surface area contributed by atoms with Gasteiger partial charge in [0.2, 0.25) is 0 Å². The number of aromatic nitrogens is 3. The van der Waals surface area contributed by atoms with Gasteiger partial charge in [-0.05, 0) is 37.5 Å². The zero-order valence-corrected chi connectivity index (χ0v) is 13.1. The second kappa shape index (κ2) is 7.33. The Morgan fingerprint density at radius 2 is 2.00 bits per heavy atom. The molecule has 2 aromatic heterocycles. The second-order valence-electron chi connectivity index (χ2n) is 5.41. The van der Waals surface area contributed by atoms with E-state index in [1.165, 1.54) is 0 Å². The number of nitrogens with two attached hydrogens (primary N) is 1. The maximum Gasteiger partial charge on any atom is 0.0644 e. The van der Waals surface area contributed by atoms with Crippen LogP contribution in [0.15, 0.2) is 30.6 Å². The predicted molar refractivity (Wildman–Crippen MR) is 84.6 cm³/mol. The molecule has 21 heavy (non-hydrogen) atoms. The van der Waals surface area contributed by atoms with Gasteiger partial charge in [0.15, 0.2) is 0 Å². The SMILES string of the molecule is CCC(CC)n1ccc(CC(NN)c2ccc(C)nc2)n1. The summed E-state index contributed by atoms with van der Waals surface area (Å²) in [6.45, 7) is 6.36. The first-order valence-electron chi connectivity index (χ1n) is 7.60. The summed E-state index contributed by atoms with van der Waals surface area (Å²) in [5.41, 5.74) is 6.00. The van der Waals surface area contributed by atoms with Gasteiger partial charge in [0.05, 0.1) is 17.8 Å². The first-order valence-corrected chi connectivity index (χ1v) is 7.60. The van der Waals surface area contributed by atoms with Crippen molar-refractivity contribution >= 4 is 0 Å². The fourth-order valence-corrected chi connectivity index (χ4v) is 2.52. The number of hydrogen-bond donors (Lipinski definition) is 2. The van der Waals surface area contributed by atoms with Crippen LogP contribution in [0, 0.1) is 6.92 Å². The molecule has 5 heteroatoms. The lowest BCUT2D eigenvalue weighted by atomic mass is 10.0. The first kappa shape index (κ1) is 15.7. The minimum atomic E-state index is 0.0307. The van der Waals surface area contributed by atoms with E-state index < -0.39 is 0 Å². The van der Waals surface area contributed by atoms with Gasteiger partial charge in [-0.3, -0.25) is 20.9 Å². The molecule has 0 aliphatic rings. The van der Waals surface area contributed by atoms with Crippen molar-refractivity contribution in [2.24, 2.45) is 5.84 Å². The van der Waals surface area contributed by atoms with Gasteiger partial charge < -0.3 is 0 Å². The van der Waals surface area contributed by atoms with E-state index in [2.05, 4.69) is 52.4 Å². The Balaban J connectivity index is 2.10. The van der Waals surface area contributed by atoms with E-state index in [9.17, 15) is 0 Å². The van der Waals surface area contributed by atoms with Gasteiger partial charge in [0, 0.05) is 24.5 Å². The molecule has 2 heterocycles. The zero-order chi connectivity index (χ0) is 15.2. The van der Waals surface area contributed by atoms with Crippen LogP contribution in [-0.4, -0.2) is 14.8 Å². The number of pyridine rings is 1. The Labute approximate surface area is 126 Å². The van der Waals surface area contributed by atoms with Crippen molar-refractivity contribution in [1.82, 2.24) is 20.2 Å². The third-order valence-corrected chi connectivity index (χ3v) is 3.93.